The van der Waals surface area contributed by atoms with E-state index in [4.69, 9.17) is 5.11 Å². The van der Waals surface area contributed by atoms with Crippen LogP contribution in [0.25, 0.3) is 0 Å². The van der Waals surface area contributed by atoms with Gasteiger partial charge in [-0.3, -0.25) is 0 Å². The minimum Gasteiger partial charge on any atom is -0.478 e. The normalized spacial score (nSPS) is 7.75. The van der Waals surface area contributed by atoms with Gasteiger partial charge in [-0.15, -0.1) is 0 Å². The molecule has 5 heteroatoms. The second-order valence-corrected chi connectivity index (χ2v) is 2.95. The van der Waals surface area contributed by atoms with Crippen molar-refractivity contribution in [2.24, 2.45) is 0 Å². The Labute approximate surface area is 87.9 Å². The molecule has 0 aliphatic carbocycles. The quantitative estimate of drug-likeness (QED) is 0.617. The second kappa shape index (κ2) is 6.34. The van der Waals surface area contributed by atoms with Crippen LogP contribution in [0.15, 0.2) is 24.3 Å². The van der Waals surface area contributed by atoms with Crippen molar-refractivity contribution in [3.05, 3.63) is 33.4 Å². The Hall–Kier alpha value is -0.190. The van der Waals surface area contributed by atoms with E-state index in [-0.39, 0.29) is 16.0 Å². The van der Waals surface area contributed by atoms with Crippen molar-refractivity contribution in [3.8, 4) is 0 Å². The number of rotatable bonds is 1. The molecule has 1 rings (SSSR count). The molecule has 1 aromatic carbocycles. The number of hydrogen-bond donors (Lipinski definition) is 2. The predicted octanol–water partition coefficient (Wildman–Crippen LogP) is 2.21. The van der Waals surface area contributed by atoms with Crippen molar-refractivity contribution in [1.82, 2.24) is 6.15 Å². The Bertz CT molecular complexity index is 267. The van der Waals surface area contributed by atoms with Gasteiger partial charge in [0, 0.05) is 3.57 Å². The molecule has 68 valence electrons. The lowest BCUT2D eigenvalue weighted by molar-refractivity contribution is 0.0696. The maximum Gasteiger partial charge on any atom is 0.336 e. The molecule has 1 aromatic rings. The average molecular weight is 299 g/mol. The molecule has 0 spiro atoms. The minimum absolute atomic E-state index is 0. The first kappa shape index (κ1) is 14.3. The van der Waals surface area contributed by atoms with Crippen molar-refractivity contribution >= 4 is 38.5 Å². The van der Waals surface area contributed by atoms with E-state index in [1.54, 1.807) is 18.2 Å². The molecule has 1 atom stereocenters. The highest BCUT2D eigenvalue weighted by atomic mass is 127. The summed E-state index contributed by atoms with van der Waals surface area (Å²) in [6.45, 7) is 0. The Morgan fingerprint density at radius 2 is 1.83 bits per heavy atom. The van der Waals surface area contributed by atoms with Crippen LogP contribution in [0.4, 0.5) is 0 Å². The van der Waals surface area contributed by atoms with Crippen LogP contribution < -0.4 is 6.15 Å². The van der Waals surface area contributed by atoms with Gasteiger partial charge in [-0.05, 0) is 34.7 Å². The van der Waals surface area contributed by atoms with Crippen molar-refractivity contribution in [2.75, 3.05) is 0 Å². The SMILES string of the molecule is N.O=C(O)c1ccccc1I.P. The average Bonchev–Trinajstić information content (AvgIpc) is 1.88. The number of carboxylic acid groups (broad SMARTS) is 1. The van der Waals surface area contributed by atoms with Gasteiger partial charge in [0.2, 0.25) is 0 Å². The molecule has 0 aliphatic rings. The molecule has 0 radical (unpaired) electrons. The van der Waals surface area contributed by atoms with Gasteiger partial charge in [0.15, 0.2) is 0 Å². The second-order valence-electron chi connectivity index (χ2n) is 1.78. The lowest BCUT2D eigenvalue weighted by Gasteiger charge is -1.94. The smallest absolute Gasteiger partial charge is 0.336 e. The highest BCUT2D eigenvalue weighted by molar-refractivity contribution is 14.1. The lowest BCUT2D eigenvalue weighted by atomic mass is 10.2. The van der Waals surface area contributed by atoms with Crippen LogP contribution in [0.1, 0.15) is 10.4 Å². The fraction of sp³-hybridized carbons (Fsp3) is 0. The maximum atomic E-state index is 10.4. The number of benzene rings is 1. The molecule has 12 heavy (non-hydrogen) atoms. The monoisotopic (exact) mass is 299 g/mol. The van der Waals surface area contributed by atoms with Crippen LogP contribution in [0.3, 0.4) is 0 Å². The Balaban J connectivity index is 0. The van der Waals surface area contributed by atoms with Gasteiger partial charge in [-0.1, -0.05) is 12.1 Å². The molecule has 0 aromatic heterocycles. The van der Waals surface area contributed by atoms with Crippen LogP contribution in [-0.4, -0.2) is 11.1 Å². The molecule has 4 N–H and O–H groups in total. The Morgan fingerprint density at radius 3 is 2.17 bits per heavy atom. The molecular formula is C7H11INO2P. The summed E-state index contributed by atoms with van der Waals surface area (Å²) in [5.41, 5.74) is 0.364. The van der Waals surface area contributed by atoms with E-state index in [9.17, 15) is 4.79 Å². The first-order valence-electron chi connectivity index (χ1n) is 2.69. The number of carbonyl (C=O) groups is 1. The fourth-order valence-corrected chi connectivity index (χ4v) is 1.25. The zero-order chi connectivity index (χ0) is 7.56. The van der Waals surface area contributed by atoms with E-state index in [1.807, 2.05) is 28.7 Å². The zero-order valence-electron chi connectivity index (χ0n) is 6.46. The third-order valence-electron chi connectivity index (χ3n) is 1.10. The zero-order valence-corrected chi connectivity index (χ0v) is 10.0. The third-order valence-corrected chi connectivity index (χ3v) is 2.04. The fourth-order valence-electron chi connectivity index (χ4n) is 0.635. The first-order chi connectivity index (χ1) is 4.72. The van der Waals surface area contributed by atoms with Gasteiger partial charge in [0.05, 0.1) is 5.56 Å². The molecule has 0 saturated heterocycles. The van der Waals surface area contributed by atoms with Gasteiger partial charge in [-0.2, -0.15) is 9.90 Å². The summed E-state index contributed by atoms with van der Waals surface area (Å²) in [7, 11) is 0. The van der Waals surface area contributed by atoms with E-state index < -0.39 is 5.97 Å². The topological polar surface area (TPSA) is 72.3 Å². The molecule has 1 unspecified atom stereocenters. The summed E-state index contributed by atoms with van der Waals surface area (Å²) in [5, 5.41) is 8.56. The van der Waals surface area contributed by atoms with Gasteiger partial charge < -0.3 is 11.3 Å². The van der Waals surface area contributed by atoms with Crippen LogP contribution in [0.5, 0.6) is 0 Å². The third kappa shape index (κ3) is 3.47. The number of hydrogen-bond acceptors (Lipinski definition) is 2. The molecular weight excluding hydrogens is 288 g/mol. The van der Waals surface area contributed by atoms with Gasteiger partial charge in [0.1, 0.15) is 0 Å². The van der Waals surface area contributed by atoms with Crippen molar-refractivity contribution in [3.63, 3.8) is 0 Å². The molecule has 0 heterocycles. The van der Waals surface area contributed by atoms with Crippen LogP contribution >= 0.6 is 32.5 Å². The number of carboxylic acids is 1. The van der Waals surface area contributed by atoms with E-state index >= 15 is 0 Å². The van der Waals surface area contributed by atoms with Crippen LogP contribution in [-0.2, 0) is 0 Å². The number of aromatic carboxylic acids is 1. The highest BCUT2D eigenvalue weighted by Crippen LogP contribution is 2.10. The van der Waals surface area contributed by atoms with Gasteiger partial charge in [-0.25, -0.2) is 4.79 Å². The summed E-state index contributed by atoms with van der Waals surface area (Å²) in [6, 6.07) is 6.88. The predicted molar refractivity (Wildman–Crippen MR) is 62.2 cm³/mol. The highest BCUT2D eigenvalue weighted by Gasteiger charge is 2.04. The van der Waals surface area contributed by atoms with Crippen molar-refractivity contribution in [1.29, 1.82) is 0 Å². The Kier molecular flexibility index (Phi) is 7.58. The summed E-state index contributed by atoms with van der Waals surface area (Å²) in [6.07, 6.45) is 0. The Morgan fingerprint density at radius 1 is 1.33 bits per heavy atom. The van der Waals surface area contributed by atoms with E-state index in [2.05, 4.69) is 0 Å². The van der Waals surface area contributed by atoms with Gasteiger partial charge in [0.25, 0.3) is 0 Å². The number of halogens is 1. The largest absolute Gasteiger partial charge is 0.478 e. The molecule has 0 aliphatic heterocycles. The van der Waals surface area contributed by atoms with E-state index in [0.717, 1.165) is 3.57 Å². The molecule has 3 nitrogen and oxygen atoms in total. The molecule has 0 bridgehead atoms. The van der Waals surface area contributed by atoms with Gasteiger partial charge >= 0.3 is 5.97 Å². The van der Waals surface area contributed by atoms with E-state index in [0.29, 0.717) is 5.56 Å². The maximum absolute atomic E-state index is 10.4. The van der Waals surface area contributed by atoms with Crippen LogP contribution in [0.2, 0.25) is 0 Å². The summed E-state index contributed by atoms with van der Waals surface area (Å²) in [4.78, 5) is 10.4. The summed E-state index contributed by atoms with van der Waals surface area (Å²) < 4.78 is 0.771. The van der Waals surface area contributed by atoms with Crippen LogP contribution in [0, 0.1) is 3.57 Å². The summed E-state index contributed by atoms with van der Waals surface area (Å²) in [5.74, 6) is -0.870. The molecule has 0 saturated carbocycles. The standard InChI is InChI=1S/C7H5IO2.H3N.H3P/c8-6-4-2-1-3-5(6)7(9)10;;/h1-4H,(H,9,10);2*1H3. The first-order valence-corrected chi connectivity index (χ1v) is 3.77. The van der Waals surface area contributed by atoms with Crippen molar-refractivity contribution < 1.29 is 9.90 Å². The van der Waals surface area contributed by atoms with E-state index in [1.165, 1.54) is 0 Å². The molecule has 0 fully saturated rings. The summed E-state index contributed by atoms with van der Waals surface area (Å²) >= 11 is 1.99. The lowest BCUT2D eigenvalue weighted by Crippen LogP contribution is -1.97. The molecule has 0 amide bonds. The van der Waals surface area contributed by atoms with Crippen molar-refractivity contribution in [2.45, 2.75) is 0 Å². The minimum atomic E-state index is -0.870.